The number of carbonyl (C=O) groups excluding carboxylic acids is 4. The fourth-order valence-corrected chi connectivity index (χ4v) is 10.0. The molecule has 4 amide bonds. The fraction of sp³-hybridized carbons (Fsp3) is 0.467. The number of imidazole rings is 1. The third-order valence-corrected chi connectivity index (χ3v) is 14.1. The van der Waals surface area contributed by atoms with E-state index < -0.39 is 68.7 Å². The topological polar surface area (TPSA) is 190 Å². The number of nitrogens with one attached hydrogen (secondary N) is 3. The zero-order valence-corrected chi connectivity index (χ0v) is 35.0. The van der Waals surface area contributed by atoms with Gasteiger partial charge in [0.25, 0.3) is 5.91 Å². The fourth-order valence-electron chi connectivity index (χ4n) is 8.64. The average molecular weight is 852 g/mol. The number of ether oxygens (including phenoxy) is 2. The maximum absolute atomic E-state index is 14.8. The highest BCUT2D eigenvalue weighted by molar-refractivity contribution is 7.91. The molecule has 0 unspecified atom stereocenters. The summed E-state index contributed by atoms with van der Waals surface area (Å²) in [4.78, 5) is 67.5. The standard InChI is InChI=1S/C45H53N7O8S/c1-3-5-6-7-11-21-35(48-44(56)60-31-18-12-13-19-31)41(54)51-28-32(25-38(51)40(53)49-45(27-30(45)4-2)42(55)50-61(57,58)33-23-24-33)59-39-26-36(29-16-9-8-10-17-29)47-43-46-34-20-14-15-22-37(34)52(39)43/h3-4,8-10,14-17,20,22,26,30-33,35,38H,1-2,5-7,11-13,18-19,21,23-25,27-28H2,(H,48,56)(H,49,53)(H,50,55)/t30-,32-,35+,38+,45-/m1/s1. The number of carbonyl (C=O) groups is 4. The molecule has 3 aliphatic carbocycles. The first-order valence-corrected chi connectivity index (χ1v) is 22.9. The second-order valence-electron chi connectivity index (χ2n) is 16.7. The quantitative estimate of drug-likeness (QED) is 0.0822. The maximum Gasteiger partial charge on any atom is 0.408 e. The number of aromatic nitrogens is 3. The van der Waals surface area contributed by atoms with E-state index in [1.54, 1.807) is 10.5 Å². The normalized spacial score (nSPS) is 23.0. The second-order valence-corrected chi connectivity index (χ2v) is 18.6. The highest BCUT2D eigenvalue weighted by Gasteiger charge is 2.62. The lowest BCUT2D eigenvalue weighted by Gasteiger charge is -2.30. The smallest absolute Gasteiger partial charge is 0.408 e. The number of amides is 4. The third kappa shape index (κ3) is 9.14. The average Bonchev–Trinajstić information content (AvgIpc) is 4.07. The number of fused-ring (bicyclic) bond motifs is 3. The molecule has 0 bridgehead atoms. The van der Waals surface area contributed by atoms with E-state index in [0.717, 1.165) is 56.0 Å². The van der Waals surface area contributed by atoms with Crippen molar-refractivity contribution in [1.29, 1.82) is 0 Å². The number of para-hydroxylation sites is 2. The monoisotopic (exact) mass is 851 g/mol. The predicted molar refractivity (Wildman–Crippen MR) is 229 cm³/mol. The molecule has 322 valence electrons. The molecule has 61 heavy (non-hydrogen) atoms. The Balaban J connectivity index is 1.11. The number of nitrogens with zero attached hydrogens (tertiary/aromatic N) is 4. The van der Waals surface area contributed by atoms with E-state index in [1.807, 2.05) is 60.7 Å². The number of hydrogen-bond donors (Lipinski definition) is 3. The summed E-state index contributed by atoms with van der Waals surface area (Å²) in [6.45, 7) is 7.58. The summed E-state index contributed by atoms with van der Waals surface area (Å²) in [5.74, 6) is -1.73. The lowest BCUT2D eigenvalue weighted by atomic mass is 10.0. The molecule has 15 nitrogen and oxygen atoms in total. The number of benzene rings is 2. The summed E-state index contributed by atoms with van der Waals surface area (Å²) in [7, 11) is -3.92. The first-order valence-electron chi connectivity index (χ1n) is 21.4. The van der Waals surface area contributed by atoms with Crippen LogP contribution in [0.2, 0.25) is 0 Å². The molecule has 4 aliphatic rings. The van der Waals surface area contributed by atoms with Gasteiger partial charge in [-0.25, -0.2) is 27.6 Å². The summed E-state index contributed by atoms with van der Waals surface area (Å²) in [6, 6.07) is 16.8. The van der Waals surface area contributed by atoms with Crippen molar-refractivity contribution in [2.75, 3.05) is 6.54 Å². The van der Waals surface area contributed by atoms with Crippen LogP contribution in [0.5, 0.6) is 5.88 Å². The second kappa shape index (κ2) is 17.7. The van der Waals surface area contributed by atoms with E-state index in [9.17, 15) is 27.6 Å². The molecule has 2 aromatic heterocycles. The van der Waals surface area contributed by atoms with Gasteiger partial charge in [0.05, 0.1) is 28.5 Å². The lowest BCUT2D eigenvalue weighted by Crippen LogP contribution is -2.58. The van der Waals surface area contributed by atoms with Crippen LogP contribution in [0.1, 0.15) is 83.5 Å². The summed E-state index contributed by atoms with van der Waals surface area (Å²) >= 11 is 0. The van der Waals surface area contributed by atoms with Crippen molar-refractivity contribution in [3.63, 3.8) is 0 Å². The minimum Gasteiger partial charge on any atom is -0.473 e. The van der Waals surface area contributed by atoms with Gasteiger partial charge in [-0.2, -0.15) is 0 Å². The summed E-state index contributed by atoms with van der Waals surface area (Å²) in [6.07, 6.45) is 9.55. The molecule has 0 spiro atoms. The molecule has 3 saturated carbocycles. The zero-order valence-electron chi connectivity index (χ0n) is 34.2. The molecule has 5 atom stereocenters. The predicted octanol–water partition coefficient (Wildman–Crippen LogP) is 5.74. The zero-order chi connectivity index (χ0) is 42.7. The van der Waals surface area contributed by atoms with Gasteiger partial charge < -0.3 is 25.0 Å². The Bertz CT molecular complexity index is 2430. The Kier molecular flexibility index (Phi) is 12.2. The molecular formula is C45H53N7O8S. The van der Waals surface area contributed by atoms with Gasteiger partial charge in [0, 0.05) is 24.0 Å². The highest BCUT2D eigenvalue weighted by Crippen LogP contribution is 2.45. The Morgan fingerprint density at radius 2 is 1.69 bits per heavy atom. The van der Waals surface area contributed by atoms with Crippen LogP contribution in [0.15, 0.2) is 86.0 Å². The number of rotatable bonds is 18. The summed E-state index contributed by atoms with van der Waals surface area (Å²) in [5.41, 5.74) is 1.32. The Morgan fingerprint density at radius 1 is 0.934 bits per heavy atom. The maximum atomic E-state index is 14.8. The van der Waals surface area contributed by atoms with E-state index in [1.165, 1.54) is 11.0 Å². The molecule has 16 heteroatoms. The third-order valence-electron chi connectivity index (χ3n) is 12.3. The molecule has 1 saturated heterocycles. The van der Waals surface area contributed by atoms with Crippen LogP contribution >= 0.6 is 0 Å². The van der Waals surface area contributed by atoms with Gasteiger partial charge in [0.2, 0.25) is 33.5 Å². The molecule has 1 aliphatic heterocycles. The van der Waals surface area contributed by atoms with Crippen molar-refractivity contribution in [1.82, 2.24) is 34.6 Å². The first kappa shape index (κ1) is 41.9. The summed E-state index contributed by atoms with van der Waals surface area (Å²) in [5, 5.41) is 5.03. The van der Waals surface area contributed by atoms with E-state index in [2.05, 4.69) is 28.5 Å². The molecule has 2 aromatic carbocycles. The van der Waals surface area contributed by atoms with Gasteiger partial charge in [-0.15, -0.1) is 13.2 Å². The number of unbranched alkanes of at least 4 members (excludes halogenated alkanes) is 3. The van der Waals surface area contributed by atoms with Gasteiger partial charge in [-0.1, -0.05) is 67.5 Å². The minimum atomic E-state index is -3.92. The molecule has 0 radical (unpaired) electrons. The number of allylic oxidation sites excluding steroid dienone is 1. The largest absolute Gasteiger partial charge is 0.473 e. The number of sulfonamides is 1. The minimum absolute atomic E-state index is 0.0179. The molecule has 3 heterocycles. The van der Waals surface area contributed by atoms with Crippen LogP contribution in [0, 0.1) is 5.92 Å². The van der Waals surface area contributed by atoms with E-state index in [-0.39, 0.29) is 25.5 Å². The van der Waals surface area contributed by atoms with Crippen LogP contribution in [-0.4, -0.2) is 93.1 Å². The highest BCUT2D eigenvalue weighted by atomic mass is 32.2. The molecule has 4 fully saturated rings. The van der Waals surface area contributed by atoms with E-state index in [0.29, 0.717) is 48.6 Å². The van der Waals surface area contributed by atoms with Gasteiger partial charge in [0.1, 0.15) is 29.8 Å². The van der Waals surface area contributed by atoms with Gasteiger partial charge in [-0.3, -0.25) is 19.1 Å². The Morgan fingerprint density at radius 3 is 2.41 bits per heavy atom. The van der Waals surface area contributed by atoms with E-state index >= 15 is 0 Å². The van der Waals surface area contributed by atoms with Crippen molar-refractivity contribution in [2.45, 2.75) is 119 Å². The van der Waals surface area contributed by atoms with Crippen LogP contribution < -0.4 is 20.1 Å². The van der Waals surface area contributed by atoms with Crippen LogP contribution in [0.4, 0.5) is 4.79 Å². The Labute approximate surface area is 355 Å². The number of likely N-dealkylation sites (tertiary alicyclic amines) is 1. The number of hydrogen-bond acceptors (Lipinski definition) is 10. The van der Waals surface area contributed by atoms with E-state index in [4.69, 9.17) is 19.4 Å². The molecule has 8 rings (SSSR count). The first-order chi connectivity index (χ1) is 29.5. The molecule has 3 N–H and O–H groups in total. The molecule has 4 aromatic rings. The van der Waals surface area contributed by atoms with Crippen molar-refractivity contribution < 1.29 is 37.1 Å². The number of alkyl carbamates (subject to hydrolysis) is 1. The van der Waals surface area contributed by atoms with Crippen LogP contribution in [-0.2, 0) is 29.1 Å². The van der Waals surface area contributed by atoms with Crippen LogP contribution in [0.3, 0.4) is 0 Å². The van der Waals surface area contributed by atoms with Crippen molar-refractivity contribution in [3.05, 3.63) is 86.0 Å². The van der Waals surface area contributed by atoms with Crippen LogP contribution in [0.25, 0.3) is 28.1 Å². The summed E-state index contributed by atoms with van der Waals surface area (Å²) < 4.78 is 42.2. The van der Waals surface area contributed by atoms with Crippen molar-refractivity contribution in [3.8, 4) is 17.1 Å². The van der Waals surface area contributed by atoms with Gasteiger partial charge >= 0.3 is 6.09 Å². The van der Waals surface area contributed by atoms with Gasteiger partial charge in [0.15, 0.2) is 0 Å². The van der Waals surface area contributed by atoms with Crippen molar-refractivity contribution in [2.24, 2.45) is 5.92 Å². The SMILES string of the molecule is C=CCCCCC[C@H](NC(=O)OC1CCCC1)C(=O)N1C[C@H](Oc2cc(-c3ccccc3)nc3nc4ccccc4n23)C[C@H]1C(=O)N[C@]1(C(=O)NS(=O)(=O)C2CC2)C[C@H]1C=C. The van der Waals surface area contributed by atoms with Crippen molar-refractivity contribution >= 4 is 50.6 Å². The lowest BCUT2D eigenvalue weighted by molar-refractivity contribution is -0.141. The Hall–Kier alpha value is -5.77. The molecular weight excluding hydrogens is 799 g/mol. The van der Waals surface area contributed by atoms with Gasteiger partial charge in [-0.05, 0) is 76.3 Å².